The molecule has 1 aliphatic carbocycles. The van der Waals surface area contributed by atoms with Gasteiger partial charge in [-0.05, 0) is 50.7 Å². The highest BCUT2D eigenvalue weighted by molar-refractivity contribution is 5.91. The van der Waals surface area contributed by atoms with Gasteiger partial charge >= 0.3 is 12.0 Å². The van der Waals surface area contributed by atoms with Crippen molar-refractivity contribution in [1.29, 1.82) is 0 Å². The Bertz CT molecular complexity index is 514. The van der Waals surface area contributed by atoms with Crippen molar-refractivity contribution >= 4 is 17.7 Å². The van der Waals surface area contributed by atoms with E-state index in [1.54, 1.807) is 0 Å². The molecule has 1 fully saturated rings. The van der Waals surface area contributed by atoms with Crippen LogP contribution < -0.4 is 10.6 Å². The molecule has 0 unspecified atom stereocenters. The number of carboxylic acid groups (broad SMARTS) is 1. The summed E-state index contributed by atoms with van der Waals surface area (Å²) in [5, 5.41) is 14.8. The van der Waals surface area contributed by atoms with Crippen LogP contribution in [-0.4, -0.2) is 23.1 Å². The van der Waals surface area contributed by atoms with Crippen molar-refractivity contribution < 1.29 is 14.7 Å². The maximum absolute atomic E-state index is 12.1. The van der Waals surface area contributed by atoms with Crippen LogP contribution >= 0.6 is 0 Å². The van der Waals surface area contributed by atoms with Gasteiger partial charge in [0.25, 0.3) is 0 Å². The highest BCUT2D eigenvalue weighted by atomic mass is 16.4. The van der Waals surface area contributed by atoms with Crippen molar-refractivity contribution in [2.75, 3.05) is 5.32 Å². The molecule has 0 spiro atoms. The van der Waals surface area contributed by atoms with Crippen LogP contribution in [-0.2, 0) is 4.79 Å². The maximum atomic E-state index is 12.1. The summed E-state index contributed by atoms with van der Waals surface area (Å²) >= 11 is 0. The van der Waals surface area contributed by atoms with Crippen molar-refractivity contribution in [2.24, 2.45) is 5.92 Å². The quantitative estimate of drug-likeness (QED) is 0.800. The van der Waals surface area contributed by atoms with Crippen molar-refractivity contribution in [3.8, 4) is 0 Å². The van der Waals surface area contributed by atoms with E-state index in [-0.39, 0.29) is 18.0 Å². The van der Waals surface area contributed by atoms with Gasteiger partial charge in [-0.2, -0.15) is 0 Å². The number of hydrogen-bond acceptors (Lipinski definition) is 2. The molecule has 3 N–H and O–H groups in total. The monoisotopic (exact) mass is 290 g/mol. The zero-order chi connectivity index (χ0) is 15.4. The molecule has 1 aromatic carbocycles. The van der Waals surface area contributed by atoms with Crippen LogP contribution in [0.3, 0.4) is 0 Å². The van der Waals surface area contributed by atoms with Crippen LogP contribution in [0.1, 0.15) is 36.8 Å². The Hall–Kier alpha value is -2.04. The highest BCUT2D eigenvalue weighted by Gasteiger charge is 2.26. The van der Waals surface area contributed by atoms with Gasteiger partial charge in [0, 0.05) is 11.7 Å². The molecule has 0 saturated heterocycles. The number of amides is 2. The molecule has 0 heterocycles. The Morgan fingerprint density at radius 1 is 1.10 bits per heavy atom. The lowest BCUT2D eigenvalue weighted by Crippen LogP contribution is -2.41. The summed E-state index contributed by atoms with van der Waals surface area (Å²) in [4.78, 5) is 23.0. The Morgan fingerprint density at radius 3 is 2.19 bits per heavy atom. The maximum Gasteiger partial charge on any atom is 0.319 e. The van der Waals surface area contributed by atoms with E-state index in [0.717, 1.165) is 29.7 Å². The van der Waals surface area contributed by atoms with Gasteiger partial charge < -0.3 is 15.7 Å². The molecule has 0 aliphatic heterocycles. The molecule has 114 valence electrons. The van der Waals surface area contributed by atoms with Gasteiger partial charge in [0.05, 0.1) is 5.92 Å². The minimum Gasteiger partial charge on any atom is -0.481 e. The molecule has 21 heavy (non-hydrogen) atoms. The third kappa shape index (κ3) is 3.97. The Morgan fingerprint density at radius 2 is 1.67 bits per heavy atom. The minimum atomic E-state index is -0.728. The summed E-state index contributed by atoms with van der Waals surface area (Å²) in [7, 11) is 0. The van der Waals surface area contributed by atoms with Crippen LogP contribution in [0.2, 0.25) is 0 Å². The molecule has 0 aromatic heterocycles. The third-order valence-electron chi connectivity index (χ3n) is 4.13. The van der Waals surface area contributed by atoms with Gasteiger partial charge in [-0.1, -0.05) is 18.2 Å². The Labute approximate surface area is 124 Å². The molecule has 2 rings (SSSR count). The standard InChI is InChI=1S/C16H22N2O3/c1-10-4-3-5-11(2)14(10)18-16(21)17-13-8-6-12(7-9-13)15(19)20/h3-5,12-13H,6-9H2,1-2H3,(H,19,20)(H2,17,18,21). The number of aliphatic carboxylic acids is 1. The second-order valence-electron chi connectivity index (χ2n) is 5.75. The van der Waals surface area contributed by atoms with Crippen LogP contribution in [0.4, 0.5) is 10.5 Å². The molecule has 1 aliphatic rings. The summed E-state index contributed by atoms with van der Waals surface area (Å²) in [5.74, 6) is -0.988. The number of aryl methyl sites for hydroxylation is 2. The van der Waals surface area contributed by atoms with Gasteiger partial charge in [-0.3, -0.25) is 4.79 Å². The molecule has 1 aromatic rings. The van der Waals surface area contributed by atoms with E-state index in [1.807, 2.05) is 32.0 Å². The second-order valence-corrected chi connectivity index (χ2v) is 5.75. The fourth-order valence-corrected chi connectivity index (χ4v) is 2.83. The van der Waals surface area contributed by atoms with E-state index in [4.69, 9.17) is 5.11 Å². The van der Waals surface area contributed by atoms with Crippen LogP contribution in [0, 0.1) is 19.8 Å². The predicted octanol–water partition coefficient (Wildman–Crippen LogP) is 3.07. The molecular weight excluding hydrogens is 268 g/mol. The number of carboxylic acids is 1. The number of nitrogens with one attached hydrogen (secondary N) is 2. The summed E-state index contributed by atoms with van der Waals surface area (Å²) in [5.41, 5.74) is 2.90. The predicted molar refractivity (Wildman–Crippen MR) is 81.5 cm³/mol. The largest absolute Gasteiger partial charge is 0.481 e. The third-order valence-corrected chi connectivity index (χ3v) is 4.13. The minimum absolute atomic E-state index is 0.0601. The van der Waals surface area contributed by atoms with Crippen molar-refractivity contribution in [3.63, 3.8) is 0 Å². The fourth-order valence-electron chi connectivity index (χ4n) is 2.83. The Balaban J connectivity index is 1.87. The molecular formula is C16H22N2O3. The first kappa shape index (κ1) is 15.4. The number of urea groups is 1. The number of benzene rings is 1. The number of hydrogen-bond donors (Lipinski definition) is 3. The molecule has 2 amide bonds. The molecule has 5 heteroatoms. The molecule has 0 atom stereocenters. The lowest BCUT2D eigenvalue weighted by molar-refractivity contribution is -0.142. The summed E-state index contributed by atoms with van der Waals surface area (Å²) < 4.78 is 0. The summed E-state index contributed by atoms with van der Waals surface area (Å²) in [6.07, 6.45) is 2.70. The fraction of sp³-hybridized carbons (Fsp3) is 0.500. The smallest absolute Gasteiger partial charge is 0.319 e. The molecule has 0 radical (unpaired) electrons. The van der Waals surface area contributed by atoms with E-state index in [2.05, 4.69) is 10.6 Å². The summed E-state index contributed by atoms with van der Waals surface area (Å²) in [6, 6.07) is 5.72. The normalized spacial score (nSPS) is 21.6. The SMILES string of the molecule is Cc1cccc(C)c1NC(=O)NC1CCC(C(=O)O)CC1. The molecule has 5 nitrogen and oxygen atoms in total. The number of anilines is 1. The lowest BCUT2D eigenvalue weighted by atomic mass is 9.86. The lowest BCUT2D eigenvalue weighted by Gasteiger charge is -2.27. The summed E-state index contributed by atoms with van der Waals surface area (Å²) in [6.45, 7) is 3.92. The average molecular weight is 290 g/mol. The Kier molecular flexibility index (Phi) is 4.83. The number of rotatable bonds is 3. The molecule has 0 bridgehead atoms. The zero-order valence-electron chi connectivity index (χ0n) is 12.5. The first-order valence-corrected chi connectivity index (χ1v) is 7.34. The average Bonchev–Trinajstić information content (AvgIpc) is 2.43. The first-order valence-electron chi connectivity index (χ1n) is 7.34. The first-order chi connectivity index (χ1) is 9.97. The van der Waals surface area contributed by atoms with Gasteiger partial charge in [0.2, 0.25) is 0 Å². The number of para-hydroxylation sites is 1. The van der Waals surface area contributed by atoms with E-state index < -0.39 is 5.97 Å². The van der Waals surface area contributed by atoms with Crippen molar-refractivity contribution in [3.05, 3.63) is 29.3 Å². The zero-order valence-corrected chi connectivity index (χ0v) is 12.5. The number of carbonyl (C=O) groups is 2. The van der Waals surface area contributed by atoms with Crippen molar-refractivity contribution in [1.82, 2.24) is 5.32 Å². The van der Waals surface area contributed by atoms with E-state index in [0.29, 0.717) is 12.8 Å². The van der Waals surface area contributed by atoms with Gasteiger partial charge in [-0.15, -0.1) is 0 Å². The molecule has 1 saturated carbocycles. The van der Waals surface area contributed by atoms with Crippen LogP contribution in [0.5, 0.6) is 0 Å². The van der Waals surface area contributed by atoms with Crippen LogP contribution in [0.25, 0.3) is 0 Å². The van der Waals surface area contributed by atoms with Gasteiger partial charge in [0.1, 0.15) is 0 Å². The van der Waals surface area contributed by atoms with Gasteiger partial charge in [0.15, 0.2) is 0 Å². The van der Waals surface area contributed by atoms with E-state index in [9.17, 15) is 9.59 Å². The van der Waals surface area contributed by atoms with E-state index >= 15 is 0 Å². The van der Waals surface area contributed by atoms with E-state index in [1.165, 1.54) is 0 Å². The van der Waals surface area contributed by atoms with Crippen LogP contribution in [0.15, 0.2) is 18.2 Å². The topological polar surface area (TPSA) is 78.4 Å². The van der Waals surface area contributed by atoms with Crippen molar-refractivity contribution in [2.45, 2.75) is 45.6 Å². The van der Waals surface area contributed by atoms with Gasteiger partial charge in [-0.25, -0.2) is 4.79 Å². The highest BCUT2D eigenvalue weighted by Crippen LogP contribution is 2.25. The number of carbonyl (C=O) groups excluding carboxylic acids is 1. The second kappa shape index (κ2) is 6.61.